The monoisotopic (exact) mass is 278 g/mol. The van der Waals surface area contributed by atoms with Crippen molar-refractivity contribution in [1.29, 1.82) is 0 Å². The third kappa shape index (κ3) is 5.73. The average molecular weight is 278 g/mol. The summed E-state index contributed by atoms with van der Waals surface area (Å²) < 4.78 is 10.5. The molecule has 0 aliphatic rings. The van der Waals surface area contributed by atoms with Gasteiger partial charge in [0.05, 0.1) is 7.11 Å². The van der Waals surface area contributed by atoms with Crippen molar-refractivity contribution >= 4 is 11.6 Å². The molecule has 0 heterocycles. The molecule has 0 aromatic heterocycles. The van der Waals surface area contributed by atoms with Crippen molar-refractivity contribution in [2.75, 3.05) is 13.7 Å². The van der Waals surface area contributed by atoms with Gasteiger partial charge in [-0.1, -0.05) is 25.5 Å². The fraction of sp³-hybridized carbons (Fsp3) is 0.467. The molecule has 0 saturated heterocycles. The zero-order valence-electron chi connectivity index (χ0n) is 12.3. The van der Waals surface area contributed by atoms with Gasteiger partial charge in [-0.15, -0.1) is 0 Å². The van der Waals surface area contributed by atoms with E-state index in [9.17, 15) is 4.79 Å². The van der Waals surface area contributed by atoms with E-state index >= 15 is 0 Å². The predicted octanol–water partition coefficient (Wildman–Crippen LogP) is 2.76. The molecular weight excluding hydrogens is 256 g/mol. The quantitative estimate of drug-likeness (QED) is 0.587. The summed E-state index contributed by atoms with van der Waals surface area (Å²) in [6.45, 7) is 3.93. The van der Waals surface area contributed by atoms with E-state index in [0.29, 0.717) is 11.5 Å². The molecule has 0 spiro atoms. The molecule has 0 aliphatic heterocycles. The smallest absolute Gasteiger partial charge is 0.277 e. The van der Waals surface area contributed by atoms with E-state index in [2.05, 4.69) is 17.5 Å². The summed E-state index contributed by atoms with van der Waals surface area (Å²) in [4.78, 5) is 11.6. The molecule has 110 valence electrons. The van der Waals surface area contributed by atoms with Crippen molar-refractivity contribution in [3.8, 4) is 11.5 Å². The second-order valence-electron chi connectivity index (χ2n) is 4.43. The number of carbonyl (C=O) groups excluding carboxylic acids is 1. The van der Waals surface area contributed by atoms with Crippen LogP contribution in [0.2, 0.25) is 0 Å². The highest BCUT2D eigenvalue weighted by molar-refractivity contribution is 5.84. The standard InChI is InChI=1S/C15H22N2O3/c1-4-5-8-12(2)16-17-15(18)11-20-14-10-7-6-9-13(14)19-3/h6-7,9-10H,4-5,8,11H2,1-3H3,(H,17,18)/b16-12-. The van der Waals surface area contributed by atoms with Crippen molar-refractivity contribution in [2.24, 2.45) is 5.10 Å². The van der Waals surface area contributed by atoms with Crippen molar-refractivity contribution < 1.29 is 14.3 Å². The molecule has 1 N–H and O–H groups in total. The van der Waals surface area contributed by atoms with Gasteiger partial charge >= 0.3 is 0 Å². The van der Waals surface area contributed by atoms with E-state index in [-0.39, 0.29) is 12.5 Å². The Hall–Kier alpha value is -2.04. The van der Waals surface area contributed by atoms with Crippen LogP contribution < -0.4 is 14.9 Å². The normalized spacial score (nSPS) is 11.1. The van der Waals surface area contributed by atoms with Crippen LogP contribution >= 0.6 is 0 Å². The van der Waals surface area contributed by atoms with Gasteiger partial charge in [-0.3, -0.25) is 4.79 Å². The van der Waals surface area contributed by atoms with Crippen LogP contribution in [0.15, 0.2) is 29.4 Å². The Balaban J connectivity index is 2.40. The van der Waals surface area contributed by atoms with Gasteiger partial charge < -0.3 is 9.47 Å². The Labute approximate surface area is 120 Å². The molecule has 5 nitrogen and oxygen atoms in total. The molecule has 0 fully saturated rings. The van der Waals surface area contributed by atoms with Crippen molar-refractivity contribution in [3.05, 3.63) is 24.3 Å². The lowest BCUT2D eigenvalue weighted by Crippen LogP contribution is -2.25. The fourth-order valence-electron chi connectivity index (χ4n) is 1.56. The molecule has 0 aliphatic carbocycles. The van der Waals surface area contributed by atoms with E-state index in [1.54, 1.807) is 19.2 Å². The molecule has 0 radical (unpaired) electrons. The number of methoxy groups -OCH3 is 1. The summed E-state index contributed by atoms with van der Waals surface area (Å²) in [7, 11) is 1.56. The third-order valence-electron chi connectivity index (χ3n) is 2.69. The molecule has 0 unspecified atom stereocenters. The third-order valence-corrected chi connectivity index (χ3v) is 2.69. The summed E-state index contributed by atoms with van der Waals surface area (Å²) in [5.41, 5.74) is 3.40. The van der Waals surface area contributed by atoms with E-state index < -0.39 is 0 Å². The van der Waals surface area contributed by atoms with Crippen LogP contribution in [0.4, 0.5) is 0 Å². The van der Waals surface area contributed by atoms with E-state index in [1.807, 2.05) is 19.1 Å². The minimum absolute atomic E-state index is 0.0923. The molecule has 20 heavy (non-hydrogen) atoms. The first-order chi connectivity index (χ1) is 9.67. The number of ether oxygens (including phenoxy) is 2. The largest absolute Gasteiger partial charge is 0.493 e. The van der Waals surface area contributed by atoms with E-state index in [0.717, 1.165) is 25.0 Å². The molecule has 1 aromatic rings. The first-order valence-electron chi connectivity index (χ1n) is 6.75. The molecule has 0 bridgehead atoms. The topological polar surface area (TPSA) is 59.9 Å². The van der Waals surface area contributed by atoms with Crippen LogP contribution in [0.3, 0.4) is 0 Å². The summed E-state index contributed by atoms with van der Waals surface area (Å²) in [5, 5.41) is 4.02. The Morgan fingerprint density at radius 1 is 1.30 bits per heavy atom. The highest BCUT2D eigenvalue weighted by Gasteiger charge is 2.06. The van der Waals surface area contributed by atoms with Crippen LogP contribution in [0.25, 0.3) is 0 Å². The Morgan fingerprint density at radius 2 is 2.00 bits per heavy atom. The number of hydrazone groups is 1. The molecule has 5 heteroatoms. The van der Waals surface area contributed by atoms with Gasteiger partial charge in [0, 0.05) is 5.71 Å². The Kier molecular flexibility index (Phi) is 7.17. The summed E-state index contributed by atoms with van der Waals surface area (Å²) >= 11 is 0. The second kappa shape index (κ2) is 8.96. The van der Waals surface area contributed by atoms with Crippen LogP contribution in [0, 0.1) is 0 Å². The first-order valence-corrected chi connectivity index (χ1v) is 6.75. The maximum absolute atomic E-state index is 11.6. The van der Waals surface area contributed by atoms with Gasteiger partial charge in [0.15, 0.2) is 18.1 Å². The number of hydrogen-bond donors (Lipinski definition) is 1. The number of amides is 1. The lowest BCUT2D eigenvalue weighted by atomic mass is 10.2. The van der Waals surface area contributed by atoms with Gasteiger partial charge in [0.2, 0.25) is 0 Å². The number of nitrogens with zero attached hydrogens (tertiary/aromatic N) is 1. The van der Waals surface area contributed by atoms with Crippen LogP contribution in [0.1, 0.15) is 33.1 Å². The lowest BCUT2D eigenvalue weighted by Gasteiger charge is -2.09. The van der Waals surface area contributed by atoms with Crippen molar-refractivity contribution in [2.45, 2.75) is 33.1 Å². The van der Waals surface area contributed by atoms with Gasteiger partial charge in [-0.2, -0.15) is 5.10 Å². The van der Waals surface area contributed by atoms with Gasteiger partial charge in [0.25, 0.3) is 5.91 Å². The maximum atomic E-state index is 11.6. The predicted molar refractivity (Wildman–Crippen MR) is 79.3 cm³/mol. The molecule has 0 atom stereocenters. The molecule has 1 rings (SSSR count). The van der Waals surface area contributed by atoms with Crippen LogP contribution in [-0.2, 0) is 4.79 Å². The lowest BCUT2D eigenvalue weighted by molar-refractivity contribution is -0.123. The first kappa shape index (κ1) is 16.0. The van der Waals surface area contributed by atoms with Crippen molar-refractivity contribution in [1.82, 2.24) is 5.43 Å². The molecular formula is C15H22N2O3. The van der Waals surface area contributed by atoms with Gasteiger partial charge in [-0.05, 0) is 31.9 Å². The van der Waals surface area contributed by atoms with Crippen LogP contribution in [-0.4, -0.2) is 25.3 Å². The number of benzene rings is 1. The minimum atomic E-state index is -0.285. The SMILES string of the molecule is CCCC/C(C)=N\NC(=O)COc1ccccc1OC. The van der Waals surface area contributed by atoms with Crippen molar-refractivity contribution in [3.63, 3.8) is 0 Å². The number of carbonyl (C=O) groups is 1. The number of unbranched alkanes of at least 4 members (excludes halogenated alkanes) is 1. The van der Waals surface area contributed by atoms with Gasteiger partial charge in [0.1, 0.15) is 0 Å². The number of rotatable bonds is 8. The van der Waals surface area contributed by atoms with E-state index in [1.165, 1.54) is 0 Å². The Bertz CT molecular complexity index is 458. The molecule has 1 amide bonds. The zero-order valence-corrected chi connectivity index (χ0v) is 12.3. The molecule has 0 saturated carbocycles. The summed E-state index contributed by atoms with van der Waals surface area (Å²) in [6.07, 6.45) is 3.07. The zero-order chi connectivity index (χ0) is 14.8. The highest BCUT2D eigenvalue weighted by Crippen LogP contribution is 2.25. The number of hydrogen-bond acceptors (Lipinski definition) is 4. The summed E-state index contributed by atoms with van der Waals surface area (Å²) in [5.74, 6) is 0.853. The Morgan fingerprint density at radius 3 is 2.65 bits per heavy atom. The second-order valence-corrected chi connectivity index (χ2v) is 4.43. The number of para-hydroxylation sites is 2. The van der Waals surface area contributed by atoms with Gasteiger partial charge in [-0.25, -0.2) is 5.43 Å². The van der Waals surface area contributed by atoms with E-state index in [4.69, 9.17) is 9.47 Å². The molecule has 1 aromatic carbocycles. The highest BCUT2D eigenvalue weighted by atomic mass is 16.5. The number of nitrogens with one attached hydrogen (secondary N) is 1. The van der Waals surface area contributed by atoms with Crippen LogP contribution in [0.5, 0.6) is 11.5 Å². The maximum Gasteiger partial charge on any atom is 0.277 e. The summed E-state index contributed by atoms with van der Waals surface area (Å²) in [6, 6.07) is 7.19. The minimum Gasteiger partial charge on any atom is -0.493 e. The average Bonchev–Trinajstić information content (AvgIpc) is 2.48. The fourth-order valence-corrected chi connectivity index (χ4v) is 1.56.